The molecule has 0 atom stereocenters. The summed E-state index contributed by atoms with van der Waals surface area (Å²) in [6, 6.07) is 14.1. The molecule has 0 N–H and O–H groups in total. The van der Waals surface area contributed by atoms with Gasteiger partial charge in [-0.15, -0.1) is 0 Å². The molecule has 0 spiro atoms. The largest absolute Gasteiger partial charge is 0.456 e. The van der Waals surface area contributed by atoms with Crippen LogP contribution in [0, 0.1) is 0 Å². The fourth-order valence-electron chi connectivity index (χ4n) is 1.27. The molecule has 2 aromatic rings. The van der Waals surface area contributed by atoms with Crippen LogP contribution in [-0.2, 0) is 0 Å². The Morgan fingerprint density at radius 1 is 1.00 bits per heavy atom. The third-order valence-corrected chi connectivity index (χ3v) is 2.39. The molecule has 0 aromatic heterocycles. The standard InChI is InChI=1S/C13H9ClO2/c14-12-3-1-2-4-13(12)16-11-7-5-10(9-15)6-8-11/h1-9H. The molecule has 0 saturated carbocycles. The maximum absolute atomic E-state index is 10.5. The Balaban J connectivity index is 2.21. The smallest absolute Gasteiger partial charge is 0.150 e. The second kappa shape index (κ2) is 4.81. The molecular formula is C13H9ClO2. The van der Waals surface area contributed by atoms with Gasteiger partial charge in [0, 0.05) is 5.56 Å². The number of halogens is 1. The molecule has 2 aromatic carbocycles. The van der Waals surface area contributed by atoms with Gasteiger partial charge < -0.3 is 4.74 Å². The molecular weight excluding hydrogens is 224 g/mol. The van der Waals surface area contributed by atoms with Crippen LogP contribution in [0.15, 0.2) is 48.5 Å². The van der Waals surface area contributed by atoms with Crippen LogP contribution in [0.1, 0.15) is 10.4 Å². The van der Waals surface area contributed by atoms with E-state index in [9.17, 15) is 4.79 Å². The molecule has 0 aliphatic rings. The molecule has 0 fully saturated rings. The number of carbonyl (C=O) groups is 1. The van der Waals surface area contributed by atoms with Crippen molar-refractivity contribution < 1.29 is 9.53 Å². The number of carbonyl (C=O) groups excluding carboxylic acids is 1. The Morgan fingerprint density at radius 2 is 1.69 bits per heavy atom. The van der Waals surface area contributed by atoms with E-state index in [1.807, 2.05) is 12.1 Å². The summed E-state index contributed by atoms with van der Waals surface area (Å²) in [6.07, 6.45) is 0.791. The highest BCUT2D eigenvalue weighted by atomic mass is 35.5. The van der Waals surface area contributed by atoms with Gasteiger partial charge >= 0.3 is 0 Å². The Morgan fingerprint density at radius 3 is 2.31 bits per heavy atom. The first-order valence-electron chi connectivity index (χ1n) is 4.77. The molecule has 0 unspecified atom stereocenters. The summed E-state index contributed by atoms with van der Waals surface area (Å²) in [5.41, 5.74) is 0.617. The molecule has 80 valence electrons. The third-order valence-electron chi connectivity index (χ3n) is 2.08. The molecule has 2 rings (SSSR count). The zero-order valence-corrected chi connectivity index (χ0v) is 9.15. The monoisotopic (exact) mass is 232 g/mol. The van der Waals surface area contributed by atoms with E-state index < -0.39 is 0 Å². The van der Waals surface area contributed by atoms with Gasteiger partial charge in [0.05, 0.1) is 5.02 Å². The molecule has 0 bridgehead atoms. The molecule has 0 saturated heterocycles. The minimum atomic E-state index is 0.557. The second-order valence-corrected chi connectivity index (χ2v) is 3.63. The first kappa shape index (κ1) is 10.7. The third kappa shape index (κ3) is 2.41. The van der Waals surface area contributed by atoms with Gasteiger partial charge in [0.1, 0.15) is 17.8 Å². The number of aldehydes is 1. The van der Waals surface area contributed by atoms with Crippen molar-refractivity contribution in [1.82, 2.24) is 0 Å². The molecule has 0 aliphatic carbocycles. The van der Waals surface area contributed by atoms with Crippen molar-refractivity contribution in [2.75, 3.05) is 0 Å². The fraction of sp³-hybridized carbons (Fsp3) is 0. The van der Waals surface area contributed by atoms with E-state index in [4.69, 9.17) is 16.3 Å². The minimum Gasteiger partial charge on any atom is -0.456 e. The Hall–Kier alpha value is -1.80. The van der Waals surface area contributed by atoms with E-state index in [1.54, 1.807) is 36.4 Å². The van der Waals surface area contributed by atoms with Crippen LogP contribution in [0.4, 0.5) is 0 Å². The topological polar surface area (TPSA) is 26.3 Å². The molecule has 0 amide bonds. The summed E-state index contributed by atoms with van der Waals surface area (Å²) in [5, 5.41) is 0.557. The van der Waals surface area contributed by atoms with E-state index in [0.717, 1.165) is 6.29 Å². The highest BCUT2D eigenvalue weighted by molar-refractivity contribution is 6.32. The second-order valence-electron chi connectivity index (χ2n) is 3.22. The van der Waals surface area contributed by atoms with Crippen LogP contribution < -0.4 is 4.74 Å². The fourth-order valence-corrected chi connectivity index (χ4v) is 1.44. The number of hydrogen-bond donors (Lipinski definition) is 0. The van der Waals surface area contributed by atoms with Crippen molar-refractivity contribution in [3.05, 3.63) is 59.1 Å². The Kier molecular flexibility index (Phi) is 3.22. The highest BCUT2D eigenvalue weighted by Crippen LogP contribution is 2.28. The van der Waals surface area contributed by atoms with Crippen molar-refractivity contribution in [2.24, 2.45) is 0 Å². The normalized spacial score (nSPS) is 9.81. The van der Waals surface area contributed by atoms with Gasteiger partial charge in [-0.25, -0.2) is 0 Å². The molecule has 0 radical (unpaired) electrons. The Bertz CT molecular complexity index is 492. The zero-order chi connectivity index (χ0) is 11.4. The van der Waals surface area contributed by atoms with Crippen molar-refractivity contribution in [1.29, 1.82) is 0 Å². The van der Waals surface area contributed by atoms with Crippen LogP contribution in [-0.4, -0.2) is 6.29 Å². The number of benzene rings is 2. The number of ether oxygens (including phenoxy) is 1. The molecule has 0 aliphatic heterocycles. The molecule has 0 heterocycles. The maximum atomic E-state index is 10.5. The highest BCUT2D eigenvalue weighted by Gasteiger charge is 2.01. The lowest BCUT2D eigenvalue weighted by molar-refractivity contribution is 0.112. The lowest BCUT2D eigenvalue weighted by Gasteiger charge is -2.06. The quantitative estimate of drug-likeness (QED) is 0.749. The SMILES string of the molecule is O=Cc1ccc(Oc2ccccc2Cl)cc1. The summed E-state index contributed by atoms with van der Waals surface area (Å²) < 4.78 is 5.56. The van der Waals surface area contributed by atoms with Gasteiger partial charge in [-0.2, -0.15) is 0 Å². The van der Waals surface area contributed by atoms with Crippen molar-refractivity contribution in [2.45, 2.75) is 0 Å². The first-order chi connectivity index (χ1) is 7.79. The van der Waals surface area contributed by atoms with Crippen LogP contribution >= 0.6 is 11.6 Å². The molecule has 2 nitrogen and oxygen atoms in total. The Labute approximate surface area is 98.4 Å². The van der Waals surface area contributed by atoms with Gasteiger partial charge in [-0.05, 0) is 36.4 Å². The van der Waals surface area contributed by atoms with Crippen LogP contribution in [0.25, 0.3) is 0 Å². The van der Waals surface area contributed by atoms with Crippen molar-refractivity contribution >= 4 is 17.9 Å². The summed E-state index contributed by atoms with van der Waals surface area (Å²) in [4.78, 5) is 10.5. The average Bonchev–Trinajstić information content (AvgIpc) is 2.33. The molecule has 3 heteroatoms. The molecule has 16 heavy (non-hydrogen) atoms. The van der Waals surface area contributed by atoms with E-state index in [-0.39, 0.29) is 0 Å². The number of hydrogen-bond acceptors (Lipinski definition) is 2. The summed E-state index contributed by atoms with van der Waals surface area (Å²) in [5.74, 6) is 1.25. The van der Waals surface area contributed by atoms with Crippen molar-refractivity contribution in [3.8, 4) is 11.5 Å². The van der Waals surface area contributed by atoms with Crippen LogP contribution in [0.5, 0.6) is 11.5 Å². The van der Waals surface area contributed by atoms with Gasteiger partial charge in [-0.3, -0.25) is 4.79 Å². The first-order valence-corrected chi connectivity index (χ1v) is 5.15. The summed E-state index contributed by atoms with van der Waals surface area (Å²) >= 11 is 5.95. The number of rotatable bonds is 3. The van der Waals surface area contributed by atoms with E-state index in [0.29, 0.717) is 22.1 Å². The lowest BCUT2D eigenvalue weighted by atomic mass is 10.2. The summed E-state index contributed by atoms with van der Waals surface area (Å²) in [6.45, 7) is 0. The predicted octanol–water partition coefficient (Wildman–Crippen LogP) is 3.94. The summed E-state index contributed by atoms with van der Waals surface area (Å²) in [7, 11) is 0. The van der Waals surface area contributed by atoms with Gasteiger partial charge in [-0.1, -0.05) is 23.7 Å². The van der Waals surface area contributed by atoms with E-state index in [1.165, 1.54) is 0 Å². The van der Waals surface area contributed by atoms with Gasteiger partial charge in [0.2, 0.25) is 0 Å². The average molecular weight is 233 g/mol. The van der Waals surface area contributed by atoms with Gasteiger partial charge in [0.15, 0.2) is 0 Å². The zero-order valence-electron chi connectivity index (χ0n) is 8.39. The lowest BCUT2D eigenvalue weighted by Crippen LogP contribution is -1.85. The number of para-hydroxylation sites is 1. The van der Waals surface area contributed by atoms with E-state index >= 15 is 0 Å². The minimum absolute atomic E-state index is 0.557. The van der Waals surface area contributed by atoms with Gasteiger partial charge in [0.25, 0.3) is 0 Å². The maximum Gasteiger partial charge on any atom is 0.150 e. The predicted molar refractivity (Wildman–Crippen MR) is 63.4 cm³/mol. The van der Waals surface area contributed by atoms with Crippen LogP contribution in [0.3, 0.4) is 0 Å². The van der Waals surface area contributed by atoms with E-state index in [2.05, 4.69) is 0 Å². The van der Waals surface area contributed by atoms with Crippen LogP contribution in [0.2, 0.25) is 5.02 Å². The van der Waals surface area contributed by atoms with Crippen molar-refractivity contribution in [3.63, 3.8) is 0 Å².